The van der Waals surface area contributed by atoms with Crippen molar-refractivity contribution in [2.24, 2.45) is 5.73 Å². The van der Waals surface area contributed by atoms with Gasteiger partial charge < -0.3 is 11.1 Å². The van der Waals surface area contributed by atoms with Crippen LogP contribution in [-0.2, 0) is 6.42 Å². The lowest BCUT2D eigenvalue weighted by Gasteiger charge is -2.13. The number of nitrogens with one attached hydrogen (secondary N) is 1. The van der Waals surface area contributed by atoms with Crippen LogP contribution in [0.3, 0.4) is 0 Å². The molecule has 0 amide bonds. The normalized spacial score (nSPS) is 12.7. The first kappa shape index (κ1) is 13.2. The molecule has 2 heteroatoms. The van der Waals surface area contributed by atoms with E-state index in [1.165, 1.54) is 30.4 Å². The highest BCUT2D eigenvalue weighted by Crippen LogP contribution is 2.14. The predicted molar refractivity (Wildman–Crippen MR) is 70.5 cm³/mol. The van der Waals surface area contributed by atoms with Crippen LogP contribution in [0.2, 0.25) is 0 Å². The Kier molecular flexibility index (Phi) is 6.12. The number of hydrogen-bond acceptors (Lipinski definition) is 2. The molecule has 0 aliphatic carbocycles. The van der Waals surface area contributed by atoms with Gasteiger partial charge in [0.15, 0.2) is 0 Å². The molecule has 0 radical (unpaired) electrons. The standard InChI is InChI=1S/C14H24N2/c1-3-4-5-13-6-8-14(9-7-13)12(2)16-11-10-15/h6-9,12,16H,3-5,10-11,15H2,1-2H3. The first-order valence-electron chi connectivity index (χ1n) is 6.30. The molecular formula is C14H24N2. The van der Waals surface area contributed by atoms with E-state index in [9.17, 15) is 0 Å². The third-order valence-corrected chi connectivity index (χ3v) is 2.89. The second-order valence-electron chi connectivity index (χ2n) is 4.31. The lowest BCUT2D eigenvalue weighted by molar-refractivity contribution is 0.582. The third-order valence-electron chi connectivity index (χ3n) is 2.89. The van der Waals surface area contributed by atoms with Crippen molar-refractivity contribution in [2.45, 2.75) is 39.2 Å². The second-order valence-corrected chi connectivity index (χ2v) is 4.31. The summed E-state index contributed by atoms with van der Waals surface area (Å²) >= 11 is 0. The molecule has 0 saturated heterocycles. The number of rotatable bonds is 7. The topological polar surface area (TPSA) is 38.0 Å². The Labute approximate surface area is 99.2 Å². The maximum absolute atomic E-state index is 5.47. The average Bonchev–Trinajstić information content (AvgIpc) is 2.34. The van der Waals surface area contributed by atoms with Crippen molar-refractivity contribution in [2.75, 3.05) is 13.1 Å². The van der Waals surface area contributed by atoms with Gasteiger partial charge >= 0.3 is 0 Å². The highest BCUT2D eigenvalue weighted by Gasteiger charge is 2.03. The van der Waals surface area contributed by atoms with Gasteiger partial charge in [0.2, 0.25) is 0 Å². The van der Waals surface area contributed by atoms with E-state index < -0.39 is 0 Å². The van der Waals surface area contributed by atoms with Crippen LogP contribution in [0.1, 0.15) is 43.9 Å². The molecule has 2 nitrogen and oxygen atoms in total. The van der Waals surface area contributed by atoms with Gasteiger partial charge in [-0.05, 0) is 30.9 Å². The molecule has 1 atom stereocenters. The fourth-order valence-corrected chi connectivity index (χ4v) is 1.77. The average molecular weight is 220 g/mol. The van der Waals surface area contributed by atoms with Crippen LogP contribution in [0.5, 0.6) is 0 Å². The Morgan fingerprint density at radius 1 is 1.25 bits per heavy atom. The van der Waals surface area contributed by atoms with E-state index in [2.05, 4.69) is 43.4 Å². The summed E-state index contributed by atoms with van der Waals surface area (Å²) in [4.78, 5) is 0. The van der Waals surface area contributed by atoms with Crippen molar-refractivity contribution < 1.29 is 0 Å². The van der Waals surface area contributed by atoms with Crippen LogP contribution in [0.25, 0.3) is 0 Å². The summed E-state index contributed by atoms with van der Waals surface area (Å²) in [6.45, 7) is 5.97. The molecule has 0 heterocycles. The predicted octanol–water partition coefficient (Wildman–Crippen LogP) is 2.64. The Morgan fingerprint density at radius 2 is 1.94 bits per heavy atom. The van der Waals surface area contributed by atoms with Crippen molar-refractivity contribution >= 4 is 0 Å². The Morgan fingerprint density at radius 3 is 2.50 bits per heavy atom. The van der Waals surface area contributed by atoms with Crippen LogP contribution in [-0.4, -0.2) is 13.1 Å². The van der Waals surface area contributed by atoms with E-state index >= 15 is 0 Å². The van der Waals surface area contributed by atoms with E-state index in [-0.39, 0.29) is 0 Å². The maximum Gasteiger partial charge on any atom is 0.0292 e. The summed E-state index contributed by atoms with van der Waals surface area (Å²) in [5.74, 6) is 0. The summed E-state index contributed by atoms with van der Waals surface area (Å²) in [6.07, 6.45) is 3.73. The molecule has 90 valence electrons. The van der Waals surface area contributed by atoms with Crippen molar-refractivity contribution in [3.8, 4) is 0 Å². The van der Waals surface area contributed by atoms with Gasteiger partial charge in [0, 0.05) is 19.1 Å². The zero-order valence-corrected chi connectivity index (χ0v) is 10.5. The number of nitrogens with two attached hydrogens (primary N) is 1. The van der Waals surface area contributed by atoms with Gasteiger partial charge in [0.05, 0.1) is 0 Å². The van der Waals surface area contributed by atoms with Gasteiger partial charge in [-0.2, -0.15) is 0 Å². The first-order chi connectivity index (χ1) is 7.77. The Balaban J connectivity index is 2.49. The fourth-order valence-electron chi connectivity index (χ4n) is 1.77. The minimum atomic E-state index is 0.392. The molecule has 1 aromatic rings. The summed E-state index contributed by atoms with van der Waals surface area (Å²) < 4.78 is 0. The smallest absolute Gasteiger partial charge is 0.0292 e. The van der Waals surface area contributed by atoms with Crippen LogP contribution >= 0.6 is 0 Å². The quantitative estimate of drug-likeness (QED) is 0.741. The molecule has 1 unspecified atom stereocenters. The third kappa shape index (κ3) is 4.33. The summed E-state index contributed by atoms with van der Waals surface area (Å²) in [5, 5.41) is 3.39. The fraction of sp³-hybridized carbons (Fsp3) is 0.571. The molecule has 0 spiro atoms. The number of benzene rings is 1. The molecule has 0 aromatic heterocycles. The van der Waals surface area contributed by atoms with Gasteiger partial charge in [-0.1, -0.05) is 37.6 Å². The van der Waals surface area contributed by atoms with Crippen molar-refractivity contribution in [3.05, 3.63) is 35.4 Å². The molecule has 3 N–H and O–H groups in total. The first-order valence-corrected chi connectivity index (χ1v) is 6.30. The molecule has 1 rings (SSSR count). The van der Waals surface area contributed by atoms with E-state index in [4.69, 9.17) is 5.73 Å². The Hall–Kier alpha value is -0.860. The molecule has 0 bridgehead atoms. The summed E-state index contributed by atoms with van der Waals surface area (Å²) in [6, 6.07) is 9.32. The highest BCUT2D eigenvalue weighted by molar-refractivity contribution is 5.24. The lowest BCUT2D eigenvalue weighted by Crippen LogP contribution is -2.25. The summed E-state index contributed by atoms with van der Waals surface area (Å²) in [5.41, 5.74) is 8.25. The molecule has 0 fully saturated rings. The van der Waals surface area contributed by atoms with Crippen LogP contribution < -0.4 is 11.1 Å². The number of aryl methyl sites for hydroxylation is 1. The van der Waals surface area contributed by atoms with Crippen molar-refractivity contribution in [3.63, 3.8) is 0 Å². The zero-order chi connectivity index (χ0) is 11.8. The monoisotopic (exact) mass is 220 g/mol. The zero-order valence-electron chi connectivity index (χ0n) is 10.5. The largest absolute Gasteiger partial charge is 0.329 e. The molecule has 0 aliphatic heterocycles. The van der Waals surface area contributed by atoms with E-state index in [0.29, 0.717) is 12.6 Å². The molecule has 16 heavy (non-hydrogen) atoms. The lowest BCUT2D eigenvalue weighted by atomic mass is 10.0. The van der Waals surface area contributed by atoms with Gasteiger partial charge in [-0.3, -0.25) is 0 Å². The number of unbranched alkanes of at least 4 members (excludes halogenated alkanes) is 1. The summed E-state index contributed by atoms with van der Waals surface area (Å²) in [7, 11) is 0. The maximum atomic E-state index is 5.47. The highest BCUT2D eigenvalue weighted by atomic mass is 14.9. The van der Waals surface area contributed by atoms with Gasteiger partial charge in [0.25, 0.3) is 0 Å². The van der Waals surface area contributed by atoms with Gasteiger partial charge in [-0.25, -0.2) is 0 Å². The van der Waals surface area contributed by atoms with E-state index in [0.717, 1.165) is 6.54 Å². The minimum Gasteiger partial charge on any atom is -0.329 e. The minimum absolute atomic E-state index is 0.392. The van der Waals surface area contributed by atoms with Crippen LogP contribution in [0, 0.1) is 0 Å². The second kappa shape index (κ2) is 7.42. The van der Waals surface area contributed by atoms with Crippen LogP contribution in [0.15, 0.2) is 24.3 Å². The van der Waals surface area contributed by atoms with Crippen molar-refractivity contribution in [1.29, 1.82) is 0 Å². The number of hydrogen-bond donors (Lipinski definition) is 2. The SMILES string of the molecule is CCCCc1ccc(C(C)NCCN)cc1. The van der Waals surface area contributed by atoms with Gasteiger partial charge in [-0.15, -0.1) is 0 Å². The molecular weight excluding hydrogens is 196 g/mol. The van der Waals surface area contributed by atoms with E-state index in [1.807, 2.05) is 0 Å². The van der Waals surface area contributed by atoms with Crippen LogP contribution in [0.4, 0.5) is 0 Å². The van der Waals surface area contributed by atoms with Gasteiger partial charge in [0.1, 0.15) is 0 Å². The Bertz CT molecular complexity index is 279. The molecule has 1 aromatic carbocycles. The molecule has 0 aliphatic rings. The molecule has 0 saturated carbocycles. The van der Waals surface area contributed by atoms with E-state index in [1.54, 1.807) is 0 Å². The van der Waals surface area contributed by atoms with Crippen molar-refractivity contribution in [1.82, 2.24) is 5.32 Å².